The fourth-order valence-corrected chi connectivity index (χ4v) is 3.06. The van der Waals surface area contributed by atoms with Gasteiger partial charge < -0.3 is 5.32 Å². The minimum absolute atomic E-state index is 0.524. The number of halogens is 1. The average Bonchev–Trinajstić information content (AvgIpc) is 2.50. The van der Waals surface area contributed by atoms with Crippen LogP contribution in [-0.2, 0) is 0 Å². The van der Waals surface area contributed by atoms with Crippen LogP contribution < -0.4 is 5.32 Å². The largest absolute Gasteiger partial charge is 0.310 e. The Hall–Kier alpha value is 0.140. The van der Waals surface area contributed by atoms with Gasteiger partial charge >= 0.3 is 0 Å². The Labute approximate surface area is 99.0 Å². The molecular weight excluding hydrogens is 258 g/mol. The van der Waals surface area contributed by atoms with Crippen molar-refractivity contribution >= 4 is 27.3 Å². The van der Waals surface area contributed by atoms with E-state index in [4.69, 9.17) is 0 Å². The first-order valence-corrected chi connectivity index (χ1v) is 6.78. The Morgan fingerprint density at radius 3 is 2.64 bits per heavy atom. The molecule has 1 unspecified atom stereocenters. The summed E-state index contributed by atoms with van der Waals surface area (Å²) in [5.74, 6) is 0.736. The first kappa shape index (κ1) is 12.2. The zero-order valence-corrected chi connectivity index (χ0v) is 11.4. The van der Waals surface area contributed by atoms with E-state index in [1.54, 1.807) is 0 Å². The second-order valence-electron chi connectivity index (χ2n) is 3.91. The topological polar surface area (TPSA) is 12.0 Å². The third-order valence-corrected chi connectivity index (χ3v) is 3.90. The van der Waals surface area contributed by atoms with Gasteiger partial charge in [-0.1, -0.05) is 20.8 Å². The van der Waals surface area contributed by atoms with Gasteiger partial charge in [0.05, 0.1) is 0 Å². The summed E-state index contributed by atoms with van der Waals surface area (Å²) in [7, 11) is 0. The van der Waals surface area contributed by atoms with Crippen molar-refractivity contribution in [2.75, 3.05) is 6.54 Å². The van der Waals surface area contributed by atoms with Crippen LogP contribution in [0.15, 0.2) is 15.9 Å². The van der Waals surface area contributed by atoms with Gasteiger partial charge in [-0.25, -0.2) is 0 Å². The first-order chi connectivity index (χ1) is 6.63. The van der Waals surface area contributed by atoms with E-state index in [-0.39, 0.29) is 0 Å². The second-order valence-corrected chi connectivity index (χ2v) is 5.77. The Bertz CT molecular complexity index is 270. The van der Waals surface area contributed by atoms with E-state index in [9.17, 15) is 0 Å². The first-order valence-electron chi connectivity index (χ1n) is 5.10. The van der Waals surface area contributed by atoms with Crippen molar-refractivity contribution in [3.05, 3.63) is 20.8 Å². The summed E-state index contributed by atoms with van der Waals surface area (Å²) in [6, 6.07) is 2.75. The maximum atomic E-state index is 3.53. The average molecular weight is 276 g/mol. The lowest BCUT2D eigenvalue weighted by molar-refractivity contribution is 0.443. The Morgan fingerprint density at radius 1 is 1.50 bits per heavy atom. The molecule has 0 amide bonds. The van der Waals surface area contributed by atoms with Crippen molar-refractivity contribution in [1.29, 1.82) is 0 Å². The fourth-order valence-electron chi connectivity index (χ4n) is 1.53. The highest BCUT2D eigenvalue weighted by Crippen LogP contribution is 2.29. The summed E-state index contributed by atoms with van der Waals surface area (Å²) in [6.45, 7) is 7.74. The lowest BCUT2D eigenvalue weighted by Gasteiger charge is -2.18. The molecule has 3 heteroatoms. The van der Waals surface area contributed by atoms with Crippen LogP contribution in [0.25, 0.3) is 0 Å². The summed E-state index contributed by atoms with van der Waals surface area (Å²) >= 11 is 5.33. The summed E-state index contributed by atoms with van der Waals surface area (Å²) in [5.41, 5.74) is 0. The molecule has 1 rings (SSSR count). The van der Waals surface area contributed by atoms with E-state index in [0.717, 1.165) is 12.5 Å². The van der Waals surface area contributed by atoms with Gasteiger partial charge in [0.2, 0.25) is 0 Å². The van der Waals surface area contributed by atoms with E-state index in [2.05, 4.69) is 53.5 Å². The minimum atomic E-state index is 0.524. The molecule has 80 valence electrons. The Balaban J connectivity index is 2.66. The van der Waals surface area contributed by atoms with Crippen molar-refractivity contribution < 1.29 is 0 Å². The van der Waals surface area contributed by atoms with Gasteiger partial charge in [-0.3, -0.25) is 0 Å². The zero-order chi connectivity index (χ0) is 10.6. The number of hydrogen-bond acceptors (Lipinski definition) is 2. The van der Waals surface area contributed by atoms with E-state index in [1.807, 2.05) is 11.3 Å². The van der Waals surface area contributed by atoms with Gasteiger partial charge in [0.15, 0.2) is 0 Å². The smallest absolute Gasteiger partial charge is 0.0417 e. The van der Waals surface area contributed by atoms with Crippen molar-refractivity contribution in [3.63, 3.8) is 0 Å². The standard InChI is InChI=1S/C11H18BrNS/c1-4-13-10(5-8(2)3)11-6-9(12)7-14-11/h6-8,10,13H,4-5H2,1-3H3. The molecule has 14 heavy (non-hydrogen) atoms. The molecule has 0 aliphatic heterocycles. The third-order valence-electron chi connectivity index (χ3n) is 2.09. The normalized spacial score (nSPS) is 13.5. The van der Waals surface area contributed by atoms with Crippen molar-refractivity contribution in [2.45, 2.75) is 33.2 Å². The molecular formula is C11H18BrNS. The highest BCUT2D eigenvalue weighted by molar-refractivity contribution is 9.10. The predicted octanol–water partition coefficient (Wildman–Crippen LogP) is 4.21. The summed E-state index contributed by atoms with van der Waals surface area (Å²) in [4.78, 5) is 1.44. The van der Waals surface area contributed by atoms with Gasteiger partial charge in [-0.2, -0.15) is 0 Å². The van der Waals surface area contributed by atoms with Crippen LogP contribution in [0.3, 0.4) is 0 Å². The molecule has 0 aromatic carbocycles. The number of hydrogen-bond donors (Lipinski definition) is 1. The maximum Gasteiger partial charge on any atom is 0.0417 e. The molecule has 0 radical (unpaired) electrons. The number of thiophene rings is 1. The quantitative estimate of drug-likeness (QED) is 0.849. The molecule has 1 nitrogen and oxygen atoms in total. The van der Waals surface area contributed by atoms with Crippen LogP contribution in [0.1, 0.15) is 38.1 Å². The number of rotatable bonds is 5. The molecule has 0 saturated carbocycles. The third kappa shape index (κ3) is 3.71. The van der Waals surface area contributed by atoms with Gasteiger partial charge in [-0.15, -0.1) is 11.3 Å². The Morgan fingerprint density at radius 2 is 2.21 bits per heavy atom. The van der Waals surface area contributed by atoms with Gasteiger partial charge in [0.25, 0.3) is 0 Å². The van der Waals surface area contributed by atoms with E-state index in [1.165, 1.54) is 15.8 Å². The lowest BCUT2D eigenvalue weighted by atomic mass is 10.0. The molecule has 0 aliphatic rings. The molecule has 0 bridgehead atoms. The number of nitrogens with one attached hydrogen (secondary N) is 1. The van der Waals surface area contributed by atoms with Crippen LogP contribution in [0.4, 0.5) is 0 Å². The fraction of sp³-hybridized carbons (Fsp3) is 0.636. The van der Waals surface area contributed by atoms with E-state index < -0.39 is 0 Å². The monoisotopic (exact) mass is 275 g/mol. The lowest BCUT2D eigenvalue weighted by Crippen LogP contribution is -2.21. The molecule has 1 aromatic heterocycles. The summed E-state index contributed by atoms with van der Waals surface area (Å²) < 4.78 is 1.20. The van der Waals surface area contributed by atoms with Crippen molar-refractivity contribution in [2.24, 2.45) is 5.92 Å². The Kier molecular flexibility index (Phi) is 5.13. The van der Waals surface area contributed by atoms with Crippen LogP contribution in [0.2, 0.25) is 0 Å². The molecule has 1 atom stereocenters. The molecule has 0 aliphatic carbocycles. The SMILES string of the molecule is CCNC(CC(C)C)c1cc(Br)cs1. The highest BCUT2D eigenvalue weighted by Gasteiger charge is 2.13. The molecule has 0 fully saturated rings. The van der Waals surface area contributed by atoms with E-state index >= 15 is 0 Å². The van der Waals surface area contributed by atoms with Crippen molar-refractivity contribution in [1.82, 2.24) is 5.32 Å². The van der Waals surface area contributed by atoms with Gasteiger partial charge in [0.1, 0.15) is 0 Å². The van der Waals surface area contributed by atoms with Gasteiger partial charge in [-0.05, 0) is 40.9 Å². The minimum Gasteiger partial charge on any atom is -0.310 e. The zero-order valence-electron chi connectivity index (χ0n) is 9.01. The van der Waals surface area contributed by atoms with Crippen LogP contribution in [-0.4, -0.2) is 6.54 Å². The molecule has 1 N–H and O–H groups in total. The predicted molar refractivity (Wildman–Crippen MR) is 67.9 cm³/mol. The molecule has 0 saturated heterocycles. The molecule has 0 spiro atoms. The van der Waals surface area contributed by atoms with Crippen LogP contribution >= 0.6 is 27.3 Å². The summed E-state index contributed by atoms with van der Waals surface area (Å²) in [5, 5.41) is 5.69. The van der Waals surface area contributed by atoms with E-state index in [0.29, 0.717) is 6.04 Å². The van der Waals surface area contributed by atoms with Gasteiger partial charge in [0, 0.05) is 20.8 Å². The highest BCUT2D eigenvalue weighted by atomic mass is 79.9. The van der Waals surface area contributed by atoms with Crippen LogP contribution in [0, 0.1) is 5.92 Å². The molecule has 1 heterocycles. The van der Waals surface area contributed by atoms with Crippen LogP contribution in [0.5, 0.6) is 0 Å². The maximum absolute atomic E-state index is 3.53. The second kappa shape index (κ2) is 5.89. The van der Waals surface area contributed by atoms with Crippen molar-refractivity contribution in [3.8, 4) is 0 Å². The molecule has 1 aromatic rings. The summed E-state index contributed by atoms with van der Waals surface area (Å²) in [6.07, 6.45) is 1.21.